The summed E-state index contributed by atoms with van der Waals surface area (Å²) in [7, 11) is 0. The summed E-state index contributed by atoms with van der Waals surface area (Å²) in [6.45, 7) is 6.40. The van der Waals surface area contributed by atoms with Crippen molar-refractivity contribution in [3.05, 3.63) is 47.0 Å². The topological polar surface area (TPSA) is 110 Å². The molecular weight excluding hydrogens is 472 g/mol. The Morgan fingerprint density at radius 3 is 2.58 bits per heavy atom. The quantitative estimate of drug-likeness (QED) is 0.310. The van der Waals surface area contributed by atoms with E-state index in [0.717, 1.165) is 53.7 Å². The largest absolute Gasteiger partial charge is 0.364 e. The summed E-state index contributed by atoms with van der Waals surface area (Å²) in [5.74, 6) is 1.34. The van der Waals surface area contributed by atoms with Gasteiger partial charge in [0.2, 0.25) is 11.9 Å². The Balaban J connectivity index is 1.33. The van der Waals surface area contributed by atoms with Gasteiger partial charge in [-0.1, -0.05) is 6.07 Å². The van der Waals surface area contributed by atoms with Gasteiger partial charge in [0.1, 0.15) is 0 Å². The summed E-state index contributed by atoms with van der Waals surface area (Å²) in [5, 5.41) is 14.2. The summed E-state index contributed by atoms with van der Waals surface area (Å²) in [6, 6.07) is 6.96. The van der Waals surface area contributed by atoms with E-state index in [1.807, 2.05) is 18.6 Å². The van der Waals surface area contributed by atoms with Crippen LogP contribution < -0.4 is 16.0 Å². The van der Waals surface area contributed by atoms with Crippen molar-refractivity contribution in [1.82, 2.24) is 29.8 Å². The first-order valence-electron chi connectivity index (χ1n) is 12.5. The predicted molar refractivity (Wildman–Crippen MR) is 144 cm³/mol. The summed E-state index contributed by atoms with van der Waals surface area (Å²) in [4.78, 5) is 30.3. The van der Waals surface area contributed by atoms with E-state index in [1.165, 1.54) is 0 Å². The molecule has 4 heterocycles. The van der Waals surface area contributed by atoms with Gasteiger partial charge in [-0.15, -0.1) is 0 Å². The first-order chi connectivity index (χ1) is 17.5. The van der Waals surface area contributed by atoms with Crippen molar-refractivity contribution in [1.29, 1.82) is 0 Å². The molecule has 1 aliphatic rings. The number of imidazole rings is 1. The normalized spacial score (nSPS) is 17.9. The predicted octanol–water partition coefficient (Wildman–Crippen LogP) is 5.00. The molecule has 1 saturated carbocycles. The third-order valence-electron chi connectivity index (χ3n) is 6.55. The van der Waals surface area contributed by atoms with Gasteiger partial charge in [-0.05, 0) is 62.6 Å². The SMILES string of the molecule is CC(=O)NC1CCC(Nc2nc(NCc3ccc(-c4ccsc4)nc3)c3ncn(C(C)C)c3n2)CC1. The van der Waals surface area contributed by atoms with Crippen molar-refractivity contribution < 1.29 is 4.79 Å². The molecule has 0 radical (unpaired) electrons. The second-order valence-corrected chi connectivity index (χ2v) is 10.4. The minimum absolute atomic E-state index is 0.0363. The van der Waals surface area contributed by atoms with E-state index in [-0.39, 0.29) is 24.0 Å². The van der Waals surface area contributed by atoms with Crippen LogP contribution in [0.5, 0.6) is 0 Å². The third kappa shape index (κ3) is 5.48. The molecule has 9 nitrogen and oxygen atoms in total. The van der Waals surface area contributed by atoms with Crippen molar-refractivity contribution in [2.45, 2.75) is 71.1 Å². The first kappa shape index (κ1) is 24.2. The van der Waals surface area contributed by atoms with Gasteiger partial charge in [0.25, 0.3) is 0 Å². The number of carbonyl (C=O) groups is 1. The maximum Gasteiger partial charge on any atom is 0.227 e. The number of nitrogens with one attached hydrogen (secondary N) is 3. The van der Waals surface area contributed by atoms with Crippen molar-refractivity contribution in [2.24, 2.45) is 0 Å². The Labute approximate surface area is 214 Å². The standard InChI is InChI=1S/C26H32N8OS/c1-16(2)34-15-29-23-24(28-13-18-4-9-22(27-12-18)19-10-11-36-14-19)32-26(33-25(23)34)31-21-7-5-20(6-8-21)30-17(3)35/h4,9-12,14-16,20-21H,5-8,13H2,1-3H3,(H,30,35)(H2,28,31,32,33). The molecule has 3 N–H and O–H groups in total. The van der Waals surface area contributed by atoms with Gasteiger partial charge in [-0.3, -0.25) is 9.78 Å². The molecule has 0 saturated heterocycles. The summed E-state index contributed by atoms with van der Waals surface area (Å²) < 4.78 is 2.07. The number of pyridine rings is 1. The number of thiophene rings is 1. The highest BCUT2D eigenvalue weighted by atomic mass is 32.1. The van der Waals surface area contributed by atoms with E-state index >= 15 is 0 Å². The average molecular weight is 505 g/mol. The lowest BCUT2D eigenvalue weighted by atomic mass is 9.91. The second-order valence-electron chi connectivity index (χ2n) is 9.62. The average Bonchev–Trinajstić information content (AvgIpc) is 3.54. The Morgan fingerprint density at radius 1 is 1.11 bits per heavy atom. The maximum absolute atomic E-state index is 11.4. The number of aromatic nitrogens is 5. The van der Waals surface area contributed by atoms with E-state index in [1.54, 1.807) is 18.3 Å². The fourth-order valence-corrected chi connectivity index (χ4v) is 5.28. The second kappa shape index (κ2) is 10.6. The minimum Gasteiger partial charge on any atom is -0.364 e. The van der Waals surface area contributed by atoms with Gasteiger partial charge in [0.05, 0.1) is 12.0 Å². The highest BCUT2D eigenvalue weighted by Crippen LogP contribution is 2.27. The van der Waals surface area contributed by atoms with Crippen LogP contribution in [0.1, 0.15) is 58.1 Å². The number of hydrogen-bond donors (Lipinski definition) is 3. The first-order valence-corrected chi connectivity index (χ1v) is 13.4. The highest BCUT2D eigenvalue weighted by Gasteiger charge is 2.23. The number of nitrogens with zero attached hydrogens (tertiary/aromatic N) is 5. The zero-order valence-corrected chi connectivity index (χ0v) is 21.7. The molecule has 0 atom stereocenters. The molecule has 0 spiro atoms. The molecule has 4 aromatic rings. The fourth-order valence-electron chi connectivity index (χ4n) is 4.63. The van der Waals surface area contributed by atoms with E-state index in [9.17, 15) is 4.79 Å². The van der Waals surface area contributed by atoms with Crippen molar-refractivity contribution >= 4 is 40.2 Å². The number of anilines is 2. The van der Waals surface area contributed by atoms with Crippen LogP contribution in [0.2, 0.25) is 0 Å². The Kier molecular flexibility index (Phi) is 7.13. The van der Waals surface area contributed by atoms with Crippen LogP contribution in [-0.4, -0.2) is 42.5 Å². The van der Waals surface area contributed by atoms with Crippen molar-refractivity contribution in [3.8, 4) is 11.3 Å². The molecule has 188 valence electrons. The van der Waals surface area contributed by atoms with Crippen LogP contribution in [0.15, 0.2) is 41.5 Å². The zero-order valence-electron chi connectivity index (χ0n) is 20.9. The van der Waals surface area contributed by atoms with Crippen molar-refractivity contribution in [3.63, 3.8) is 0 Å². The summed E-state index contributed by atoms with van der Waals surface area (Å²) in [6.07, 6.45) is 7.54. The van der Waals surface area contributed by atoms with Gasteiger partial charge >= 0.3 is 0 Å². The smallest absolute Gasteiger partial charge is 0.227 e. The van der Waals surface area contributed by atoms with Gasteiger partial charge in [-0.25, -0.2) is 4.98 Å². The maximum atomic E-state index is 11.4. The lowest BCUT2D eigenvalue weighted by molar-refractivity contribution is -0.119. The molecular formula is C26H32N8OS. The highest BCUT2D eigenvalue weighted by molar-refractivity contribution is 7.08. The molecule has 5 rings (SSSR count). The molecule has 1 amide bonds. The van der Waals surface area contributed by atoms with Crippen LogP contribution in [0.3, 0.4) is 0 Å². The molecule has 4 aromatic heterocycles. The molecule has 0 unspecified atom stereocenters. The molecule has 36 heavy (non-hydrogen) atoms. The summed E-state index contributed by atoms with van der Waals surface area (Å²) in [5.41, 5.74) is 4.74. The molecule has 10 heteroatoms. The Hall–Kier alpha value is -3.53. The van der Waals surface area contributed by atoms with E-state index < -0.39 is 0 Å². The van der Waals surface area contributed by atoms with E-state index in [2.05, 4.69) is 67.2 Å². The Morgan fingerprint density at radius 2 is 1.92 bits per heavy atom. The van der Waals surface area contributed by atoms with E-state index in [0.29, 0.717) is 18.3 Å². The molecule has 1 aliphatic carbocycles. The van der Waals surface area contributed by atoms with Gasteiger partial charge in [0, 0.05) is 48.7 Å². The molecule has 0 aromatic carbocycles. The number of amides is 1. The number of rotatable bonds is 8. The summed E-state index contributed by atoms with van der Waals surface area (Å²) >= 11 is 1.67. The van der Waals surface area contributed by atoms with Crippen LogP contribution in [0, 0.1) is 0 Å². The number of hydrogen-bond acceptors (Lipinski definition) is 8. The fraction of sp³-hybridized carbons (Fsp3) is 0.423. The molecule has 1 fully saturated rings. The molecule has 0 aliphatic heterocycles. The zero-order chi connectivity index (χ0) is 25.1. The Bertz CT molecular complexity index is 1310. The van der Waals surface area contributed by atoms with Crippen LogP contribution in [0.25, 0.3) is 22.4 Å². The lowest BCUT2D eigenvalue weighted by Crippen LogP contribution is -2.39. The van der Waals surface area contributed by atoms with Gasteiger partial charge in [0.15, 0.2) is 17.0 Å². The minimum atomic E-state index is 0.0363. The van der Waals surface area contributed by atoms with E-state index in [4.69, 9.17) is 9.97 Å². The lowest BCUT2D eigenvalue weighted by Gasteiger charge is -2.29. The molecule has 0 bridgehead atoms. The van der Waals surface area contributed by atoms with Crippen LogP contribution in [0.4, 0.5) is 11.8 Å². The van der Waals surface area contributed by atoms with Gasteiger partial charge in [-0.2, -0.15) is 21.3 Å². The monoisotopic (exact) mass is 504 g/mol. The third-order valence-corrected chi connectivity index (χ3v) is 7.23. The number of fused-ring (bicyclic) bond motifs is 1. The number of carbonyl (C=O) groups excluding carboxylic acids is 1. The van der Waals surface area contributed by atoms with Crippen LogP contribution in [-0.2, 0) is 11.3 Å². The van der Waals surface area contributed by atoms with Crippen LogP contribution >= 0.6 is 11.3 Å². The van der Waals surface area contributed by atoms with Gasteiger partial charge < -0.3 is 20.5 Å². The van der Waals surface area contributed by atoms with Crippen molar-refractivity contribution in [2.75, 3.05) is 10.6 Å².